The number of hydrogen-bond donors (Lipinski definition) is 1. The van der Waals surface area contributed by atoms with Gasteiger partial charge in [0.05, 0.1) is 0 Å². The number of hydrogen-bond acceptors (Lipinski definition) is 3. The summed E-state index contributed by atoms with van der Waals surface area (Å²) in [5.74, 6) is 0. The molecule has 5 heteroatoms. The van der Waals surface area contributed by atoms with Crippen LogP contribution in [0.1, 0.15) is 0 Å². The van der Waals surface area contributed by atoms with Crippen LogP contribution in [0.15, 0.2) is 0 Å². The van der Waals surface area contributed by atoms with E-state index in [-0.39, 0.29) is 4.77 Å². The molecule has 0 heterocycles. The zero-order valence-electron chi connectivity index (χ0n) is 4.27. The molecule has 0 amide bonds. The minimum Gasteiger partial charge on any atom is -0.273 e. The van der Waals surface area contributed by atoms with E-state index in [4.69, 9.17) is 0 Å². The molecule has 0 saturated carbocycles. The number of nitrogens with one attached hydrogen (secondary N) is 1. The highest BCUT2D eigenvalue weighted by Crippen LogP contribution is 1.92. The molecule has 0 spiro atoms. The second-order valence-electron chi connectivity index (χ2n) is 0.927. The van der Waals surface area contributed by atoms with Crippen molar-refractivity contribution in [1.29, 1.82) is 0 Å². The molecule has 7 heavy (non-hydrogen) atoms. The van der Waals surface area contributed by atoms with Crippen LogP contribution in [-0.4, -0.2) is 11.8 Å². The summed E-state index contributed by atoms with van der Waals surface area (Å²) >= 11 is 2.08. The van der Waals surface area contributed by atoms with Crippen LogP contribution in [0.2, 0.25) is 6.82 Å². The molecular formula is C2H7BINO2. The lowest BCUT2D eigenvalue weighted by atomic mass is 10.1. The monoisotopic (exact) mass is 215 g/mol. The molecule has 42 valence electrons. The molecule has 0 aliphatic rings. The highest BCUT2D eigenvalue weighted by Gasteiger charge is 1.99. The fourth-order valence-electron chi connectivity index (χ4n) is 0.114. The van der Waals surface area contributed by atoms with E-state index in [1.165, 1.54) is 0 Å². The lowest BCUT2D eigenvalue weighted by Gasteiger charge is -1.98. The Labute approximate surface area is 56.6 Å². The summed E-state index contributed by atoms with van der Waals surface area (Å²) in [7, 11) is 1.64. The fourth-order valence-corrected chi connectivity index (χ4v) is 0.218. The topological polar surface area (TPSA) is 30.5 Å². The smallest absolute Gasteiger partial charge is 0.273 e. The first-order chi connectivity index (χ1) is 3.27. The fraction of sp³-hybridized carbons (Fsp3) is 1.00. The molecule has 0 aliphatic heterocycles. The summed E-state index contributed by atoms with van der Waals surface area (Å²) < 4.78 is 0.0880. The Hall–Kier alpha value is 0.675. The Kier molecular flexibility index (Phi) is 5.29. The maximum Gasteiger partial charge on any atom is 0.407 e. The molecule has 0 aromatic carbocycles. The predicted molar refractivity (Wildman–Crippen MR) is 36.9 cm³/mol. The standard InChI is InChI=1S/C2H7BINO2/c1-3(4)6-7-5-2/h5H,1-2H3. The lowest BCUT2D eigenvalue weighted by Crippen LogP contribution is -2.13. The molecule has 0 fully saturated rings. The van der Waals surface area contributed by atoms with Gasteiger partial charge in [-0.25, -0.2) is 0 Å². The van der Waals surface area contributed by atoms with Crippen LogP contribution in [-0.2, 0) is 9.79 Å². The van der Waals surface area contributed by atoms with Crippen molar-refractivity contribution in [2.24, 2.45) is 0 Å². The van der Waals surface area contributed by atoms with Gasteiger partial charge in [0.15, 0.2) is 0 Å². The maximum atomic E-state index is 4.57. The summed E-state index contributed by atoms with van der Waals surface area (Å²) in [4.78, 5) is 8.90. The van der Waals surface area contributed by atoms with Crippen molar-refractivity contribution >= 4 is 27.1 Å². The molecule has 0 aromatic rings. The van der Waals surface area contributed by atoms with Gasteiger partial charge in [-0.3, -0.25) is 4.81 Å². The number of hydroxylamine groups is 1. The van der Waals surface area contributed by atoms with Gasteiger partial charge in [-0.15, -0.1) is 22.4 Å². The summed E-state index contributed by atoms with van der Waals surface area (Å²) in [5.41, 5.74) is 2.37. The van der Waals surface area contributed by atoms with Crippen molar-refractivity contribution in [2.45, 2.75) is 6.82 Å². The van der Waals surface area contributed by atoms with E-state index in [2.05, 4.69) is 37.6 Å². The molecule has 0 radical (unpaired) electrons. The van der Waals surface area contributed by atoms with Gasteiger partial charge in [0, 0.05) is 7.05 Å². The molecule has 0 unspecified atom stereocenters. The van der Waals surface area contributed by atoms with Crippen molar-refractivity contribution in [2.75, 3.05) is 7.05 Å². The molecule has 0 bridgehead atoms. The predicted octanol–water partition coefficient (Wildman–Crippen LogP) is 0.622. The van der Waals surface area contributed by atoms with Gasteiger partial charge in [-0.2, -0.15) is 10.5 Å². The van der Waals surface area contributed by atoms with Crippen LogP contribution in [0.3, 0.4) is 0 Å². The maximum absolute atomic E-state index is 4.57. The zero-order valence-corrected chi connectivity index (χ0v) is 6.43. The van der Waals surface area contributed by atoms with E-state index >= 15 is 0 Å². The van der Waals surface area contributed by atoms with Crippen molar-refractivity contribution < 1.29 is 9.79 Å². The first-order valence-electron chi connectivity index (χ1n) is 1.90. The summed E-state index contributed by atoms with van der Waals surface area (Å²) in [6, 6.07) is 0. The van der Waals surface area contributed by atoms with E-state index in [9.17, 15) is 0 Å². The normalized spacial score (nSPS) is 9.00. The van der Waals surface area contributed by atoms with Gasteiger partial charge in [0.2, 0.25) is 0 Å². The molecule has 0 aromatic heterocycles. The van der Waals surface area contributed by atoms with Crippen LogP contribution in [0, 0.1) is 0 Å². The van der Waals surface area contributed by atoms with Gasteiger partial charge in [0.25, 0.3) is 0 Å². The van der Waals surface area contributed by atoms with Crippen LogP contribution in [0.4, 0.5) is 0 Å². The van der Waals surface area contributed by atoms with Crippen LogP contribution >= 0.6 is 22.4 Å². The van der Waals surface area contributed by atoms with Crippen molar-refractivity contribution in [3.8, 4) is 0 Å². The Balaban J connectivity index is 2.68. The Morgan fingerprint density at radius 3 is 2.43 bits per heavy atom. The minimum absolute atomic E-state index is 0.0880. The van der Waals surface area contributed by atoms with E-state index < -0.39 is 0 Å². The van der Waals surface area contributed by atoms with Crippen molar-refractivity contribution in [3.63, 3.8) is 0 Å². The zero-order chi connectivity index (χ0) is 5.70. The summed E-state index contributed by atoms with van der Waals surface area (Å²) in [6.45, 7) is 1.87. The Morgan fingerprint density at radius 2 is 2.29 bits per heavy atom. The van der Waals surface area contributed by atoms with Crippen molar-refractivity contribution in [3.05, 3.63) is 0 Å². The first-order valence-corrected chi connectivity index (χ1v) is 3.15. The average Bonchev–Trinajstić information content (AvgIpc) is 1.61. The minimum atomic E-state index is 0.0880. The summed E-state index contributed by atoms with van der Waals surface area (Å²) in [5, 5.41) is 0. The highest BCUT2D eigenvalue weighted by molar-refractivity contribution is 14.1. The van der Waals surface area contributed by atoms with E-state index in [1.54, 1.807) is 7.05 Å². The van der Waals surface area contributed by atoms with Gasteiger partial charge in [-0.05, 0) is 6.82 Å². The molecule has 0 atom stereocenters. The number of rotatable bonds is 3. The third-order valence-corrected chi connectivity index (χ3v) is 0.472. The largest absolute Gasteiger partial charge is 0.407 e. The second kappa shape index (κ2) is 4.82. The second-order valence-corrected chi connectivity index (χ2v) is 2.68. The number of halogens is 1. The molecule has 0 saturated heterocycles. The van der Waals surface area contributed by atoms with Crippen molar-refractivity contribution in [1.82, 2.24) is 5.48 Å². The van der Waals surface area contributed by atoms with Gasteiger partial charge in [-0.1, -0.05) is 0 Å². The third-order valence-electron chi connectivity index (χ3n) is 0.264. The van der Waals surface area contributed by atoms with Crippen LogP contribution in [0.25, 0.3) is 0 Å². The van der Waals surface area contributed by atoms with E-state index in [0.29, 0.717) is 0 Å². The Bertz CT molecular complexity index is 44.7. The van der Waals surface area contributed by atoms with Crippen LogP contribution in [0.5, 0.6) is 0 Å². The molecule has 1 N–H and O–H groups in total. The van der Waals surface area contributed by atoms with Gasteiger partial charge in [0.1, 0.15) is 0 Å². The Morgan fingerprint density at radius 1 is 1.71 bits per heavy atom. The SMILES string of the molecule is CNOOB(C)I. The quantitative estimate of drug-likeness (QED) is 0.324. The third kappa shape index (κ3) is 6.67. The van der Waals surface area contributed by atoms with E-state index in [1.807, 2.05) is 6.82 Å². The van der Waals surface area contributed by atoms with Crippen LogP contribution < -0.4 is 5.48 Å². The summed E-state index contributed by atoms with van der Waals surface area (Å²) in [6.07, 6.45) is 0. The average molecular weight is 215 g/mol. The first kappa shape index (κ1) is 7.67. The van der Waals surface area contributed by atoms with Gasteiger partial charge >= 0.3 is 4.77 Å². The molecule has 0 aliphatic carbocycles. The molecule has 3 nitrogen and oxygen atoms in total. The highest BCUT2D eigenvalue weighted by atomic mass is 127. The molecule has 0 rings (SSSR count). The van der Waals surface area contributed by atoms with Gasteiger partial charge < -0.3 is 0 Å². The molecular weight excluding hydrogens is 208 g/mol. The van der Waals surface area contributed by atoms with E-state index in [0.717, 1.165) is 0 Å². The lowest BCUT2D eigenvalue weighted by molar-refractivity contribution is -0.254.